The molecule has 264 valence electrons. The second-order valence-corrected chi connectivity index (χ2v) is 15.4. The van der Waals surface area contributed by atoms with Crippen molar-refractivity contribution in [1.82, 2.24) is 4.90 Å². The van der Waals surface area contributed by atoms with E-state index in [4.69, 9.17) is 20.9 Å². The number of primary amides is 1. The van der Waals surface area contributed by atoms with Crippen LogP contribution in [0, 0.1) is 23.7 Å². The molecule has 4 aliphatic rings. The van der Waals surface area contributed by atoms with Crippen LogP contribution in [-0.4, -0.2) is 60.0 Å². The lowest BCUT2D eigenvalue weighted by Crippen LogP contribution is -2.58. The second kappa shape index (κ2) is 17.1. The summed E-state index contributed by atoms with van der Waals surface area (Å²) in [6, 6.07) is 4.24. The highest BCUT2D eigenvalue weighted by atomic mass is 32.1. The number of alkyl halides is 2. The van der Waals surface area contributed by atoms with Gasteiger partial charge in [-0.3, -0.25) is 9.69 Å². The number of likely N-dealkylation sites (N-methyl/N-ethyl adjacent to an activating group) is 1. The number of allylic oxidation sites excluding steroid dienone is 2. The van der Waals surface area contributed by atoms with Gasteiger partial charge in [-0.15, -0.1) is 0 Å². The van der Waals surface area contributed by atoms with E-state index in [0.717, 1.165) is 43.9 Å². The zero-order valence-electron chi connectivity index (χ0n) is 29.0. The van der Waals surface area contributed by atoms with Gasteiger partial charge >= 0.3 is 0 Å². The first-order valence-electron chi connectivity index (χ1n) is 18.0. The van der Waals surface area contributed by atoms with Crippen LogP contribution in [0.1, 0.15) is 97.0 Å². The number of halogens is 2. The van der Waals surface area contributed by atoms with E-state index in [1.807, 2.05) is 6.92 Å². The Kier molecular flexibility index (Phi) is 13.8. The Bertz CT molecular complexity index is 1180. The van der Waals surface area contributed by atoms with E-state index in [-0.39, 0.29) is 29.4 Å². The van der Waals surface area contributed by atoms with E-state index in [9.17, 15) is 4.79 Å². The molecule has 2 saturated carbocycles. The van der Waals surface area contributed by atoms with E-state index in [0.29, 0.717) is 30.7 Å². The zero-order valence-corrected chi connectivity index (χ0v) is 29.9. The van der Waals surface area contributed by atoms with Crippen molar-refractivity contribution in [3.8, 4) is 5.75 Å². The first-order valence-corrected chi connectivity index (χ1v) is 18.5. The molecule has 8 atom stereocenters. The Hall–Kier alpha value is -1.94. The number of hydrogen-bond acceptors (Lipinski definition) is 6. The quantitative estimate of drug-likeness (QED) is 0.156. The zero-order chi connectivity index (χ0) is 34.2. The van der Waals surface area contributed by atoms with Crippen LogP contribution in [0.3, 0.4) is 0 Å². The molecule has 4 aliphatic carbocycles. The highest BCUT2D eigenvalue weighted by Crippen LogP contribution is 2.43. The number of carbonyl (C=O) groups excluding carboxylic acids is 1. The normalized spacial score (nSPS) is 31.6. The van der Waals surface area contributed by atoms with Crippen LogP contribution in [0.25, 0.3) is 0 Å². The third-order valence-electron chi connectivity index (χ3n) is 10.5. The van der Waals surface area contributed by atoms with Crippen molar-refractivity contribution < 1.29 is 23.0 Å². The third kappa shape index (κ3) is 10.3. The van der Waals surface area contributed by atoms with Crippen LogP contribution in [0.2, 0.25) is 0 Å². The summed E-state index contributed by atoms with van der Waals surface area (Å²) in [6.45, 7) is 7.00. The van der Waals surface area contributed by atoms with Crippen molar-refractivity contribution in [3.05, 3.63) is 54.1 Å². The molecule has 0 radical (unpaired) electrons. The summed E-state index contributed by atoms with van der Waals surface area (Å²) in [4.78, 5) is 13.9. The predicted molar refractivity (Wildman–Crippen MR) is 190 cm³/mol. The van der Waals surface area contributed by atoms with Crippen molar-refractivity contribution in [1.29, 1.82) is 0 Å². The maximum absolute atomic E-state index is 15.8. The number of nitrogens with zero attached hydrogens (tertiary/aromatic N) is 1. The molecule has 0 bridgehead atoms. The van der Waals surface area contributed by atoms with E-state index < -0.39 is 23.5 Å². The van der Waals surface area contributed by atoms with E-state index in [2.05, 4.69) is 50.8 Å². The van der Waals surface area contributed by atoms with Gasteiger partial charge in [0.2, 0.25) is 5.91 Å². The molecule has 47 heavy (non-hydrogen) atoms. The minimum atomic E-state index is -3.50. The van der Waals surface area contributed by atoms with Crippen molar-refractivity contribution in [2.24, 2.45) is 35.1 Å². The summed E-state index contributed by atoms with van der Waals surface area (Å²) in [5, 5.41) is 0.217. The topological polar surface area (TPSA) is 90.8 Å². The Labute approximate surface area is 287 Å². The minimum absolute atomic E-state index is 0.0865. The van der Waals surface area contributed by atoms with Crippen molar-refractivity contribution in [2.75, 3.05) is 20.2 Å². The Morgan fingerprint density at radius 1 is 1.06 bits per heavy atom. The number of ether oxygens (including phenoxy) is 2. The summed E-state index contributed by atoms with van der Waals surface area (Å²) < 4.78 is 43.6. The van der Waals surface area contributed by atoms with Gasteiger partial charge in [0.05, 0.1) is 18.3 Å². The first kappa shape index (κ1) is 37.9. The summed E-state index contributed by atoms with van der Waals surface area (Å²) in [5.41, 5.74) is 10.5. The highest BCUT2D eigenvalue weighted by Gasteiger charge is 2.50. The number of hydrogen-bond donors (Lipinski definition) is 3. The highest BCUT2D eigenvalue weighted by molar-refractivity contribution is 7.81. The van der Waals surface area contributed by atoms with Gasteiger partial charge in [-0.25, -0.2) is 0 Å². The van der Waals surface area contributed by atoms with E-state index in [1.165, 1.54) is 68.3 Å². The fourth-order valence-electron chi connectivity index (χ4n) is 8.46. The van der Waals surface area contributed by atoms with Gasteiger partial charge in [0.1, 0.15) is 5.75 Å². The van der Waals surface area contributed by atoms with Crippen LogP contribution in [-0.2, 0) is 15.5 Å². The van der Waals surface area contributed by atoms with Gasteiger partial charge in [-0.2, -0.15) is 21.4 Å². The number of nitrogens with two attached hydrogens (primary N) is 2. The fraction of sp³-hybridized carbons (Fsp3) is 0.711. The Morgan fingerprint density at radius 3 is 2.38 bits per heavy atom. The Morgan fingerprint density at radius 2 is 1.77 bits per heavy atom. The Balaban J connectivity index is 0.000000385. The van der Waals surface area contributed by atoms with Crippen LogP contribution in [0.4, 0.5) is 8.78 Å². The lowest BCUT2D eigenvalue weighted by Gasteiger charge is -2.46. The van der Waals surface area contributed by atoms with Gasteiger partial charge < -0.3 is 20.9 Å². The van der Waals surface area contributed by atoms with Crippen LogP contribution in [0.5, 0.6) is 5.75 Å². The molecule has 0 aromatic heterocycles. The molecule has 0 spiro atoms. The molecule has 0 heterocycles. The number of carbonyl (C=O) groups is 1. The van der Waals surface area contributed by atoms with Gasteiger partial charge in [-0.05, 0) is 107 Å². The molecule has 4 N–H and O–H groups in total. The van der Waals surface area contributed by atoms with Gasteiger partial charge in [0, 0.05) is 23.4 Å². The second-order valence-electron chi connectivity index (χ2n) is 14.7. The SMILES string of the molecule is CCCC1CC(C)CC(N)C1.CCOc1ccc(C(F)(F)[C@@H](C(N)=O)N(C)C[C@]2(OC3CCCC3)C=CC3CC(S)C=CC3C2)cc1. The molecule has 2 fully saturated rings. The number of rotatable bonds is 12. The molecule has 6 nitrogen and oxygen atoms in total. The molecular formula is C38H59F2N3O3S. The number of thiol groups is 1. The van der Waals surface area contributed by atoms with E-state index >= 15 is 8.78 Å². The fourth-order valence-corrected chi connectivity index (χ4v) is 8.81. The minimum Gasteiger partial charge on any atom is -0.494 e. The maximum atomic E-state index is 15.8. The van der Waals surface area contributed by atoms with Crippen LogP contribution >= 0.6 is 12.6 Å². The maximum Gasteiger partial charge on any atom is 0.297 e. The molecule has 1 aromatic rings. The molecular weight excluding hydrogens is 616 g/mol. The monoisotopic (exact) mass is 675 g/mol. The smallest absolute Gasteiger partial charge is 0.297 e. The van der Waals surface area contributed by atoms with Crippen molar-refractivity contribution >= 4 is 18.5 Å². The summed E-state index contributed by atoms with van der Waals surface area (Å²) >= 11 is 4.60. The predicted octanol–water partition coefficient (Wildman–Crippen LogP) is 7.66. The average Bonchev–Trinajstić information content (AvgIpc) is 3.50. The number of benzene rings is 1. The molecule has 0 aliphatic heterocycles. The van der Waals surface area contributed by atoms with Gasteiger partial charge in [-0.1, -0.05) is 63.8 Å². The van der Waals surface area contributed by atoms with Gasteiger partial charge in [0.25, 0.3) is 5.92 Å². The van der Waals surface area contributed by atoms with E-state index in [1.54, 1.807) is 0 Å². The lowest BCUT2D eigenvalue weighted by atomic mass is 9.72. The molecule has 1 amide bonds. The molecule has 1 aromatic carbocycles. The van der Waals surface area contributed by atoms with Crippen LogP contribution < -0.4 is 16.2 Å². The summed E-state index contributed by atoms with van der Waals surface area (Å²) in [5.74, 6) is -1.68. The van der Waals surface area contributed by atoms with Crippen molar-refractivity contribution in [2.45, 2.75) is 126 Å². The van der Waals surface area contributed by atoms with Gasteiger partial charge in [0.15, 0.2) is 6.04 Å². The summed E-state index contributed by atoms with van der Waals surface area (Å²) in [6.07, 6.45) is 21.0. The molecule has 9 heteroatoms. The molecule has 5 rings (SSSR count). The molecule has 6 unspecified atom stereocenters. The largest absolute Gasteiger partial charge is 0.494 e. The van der Waals surface area contributed by atoms with Crippen LogP contribution in [0.15, 0.2) is 48.6 Å². The molecule has 0 saturated heterocycles. The lowest BCUT2D eigenvalue weighted by molar-refractivity contribution is -0.150. The average molecular weight is 676 g/mol. The standard InChI is InChI=1S/C28H38F2N2O3S.C10H21N/c1-3-34-22-11-9-21(10-12-22)28(29,30)25(26(31)33)32(2)18-27(35-23-6-4-5-7-23)15-14-19-16-24(36)13-8-20(19)17-27;1-3-4-9-5-8(2)6-10(11)7-9/h8-15,19-20,23-25,36H,3-7,16-18H2,1-2H3,(H2,31,33);8-10H,3-7,11H2,1-2H3/t19?,20?,24?,25-,27+;/m1./s1. The number of fused-ring (bicyclic) bond motifs is 1. The third-order valence-corrected chi connectivity index (χ3v) is 10.9. The number of amides is 1. The van der Waals surface area contributed by atoms with Crippen molar-refractivity contribution in [3.63, 3.8) is 0 Å². The summed E-state index contributed by atoms with van der Waals surface area (Å²) in [7, 11) is 1.54. The first-order chi connectivity index (χ1) is 22.4.